The highest BCUT2D eigenvalue weighted by Gasteiger charge is 2.26. The average molecular weight is 486 g/mol. The largest absolute Gasteiger partial charge is 0.326 e. The Morgan fingerprint density at radius 1 is 0.971 bits per heavy atom. The van der Waals surface area contributed by atoms with Crippen LogP contribution in [-0.4, -0.2) is 5.91 Å². The van der Waals surface area contributed by atoms with Crippen molar-refractivity contribution in [2.45, 2.75) is 59.8 Å². The number of benzene rings is 3. The molecule has 0 radical (unpaired) electrons. The van der Waals surface area contributed by atoms with Crippen LogP contribution < -0.4 is 5.32 Å². The summed E-state index contributed by atoms with van der Waals surface area (Å²) >= 11 is 6.08. The van der Waals surface area contributed by atoms with Crippen molar-refractivity contribution in [3.8, 4) is 11.1 Å². The van der Waals surface area contributed by atoms with Crippen LogP contribution in [0.3, 0.4) is 0 Å². The highest BCUT2D eigenvalue weighted by Crippen LogP contribution is 2.39. The standard InChI is InChI=1S/C32H36ClNO/c1-21-20-28(33)16-19-30(21)26-12-17-29(18-13-26)34-31(35)22(2)23-6-8-24(9-7-23)25-10-14-27(15-11-25)32(3,4)5/h6-10,12-13,16-20,22,27H,11,14-15H2,1-5H3,(H,34,35). The van der Waals surface area contributed by atoms with E-state index in [4.69, 9.17) is 11.6 Å². The van der Waals surface area contributed by atoms with Gasteiger partial charge in [-0.1, -0.05) is 80.9 Å². The zero-order valence-electron chi connectivity index (χ0n) is 21.5. The van der Waals surface area contributed by atoms with E-state index in [2.05, 4.69) is 63.4 Å². The number of anilines is 1. The Morgan fingerprint density at radius 3 is 2.20 bits per heavy atom. The summed E-state index contributed by atoms with van der Waals surface area (Å²) in [4.78, 5) is 12.9. The van der Waals surface area contributed by atoms with E-state index in [0.29, 0.717) is 5.41 Å². The van der Waals surface area contributed by atoms with E-state index in [0.717, 1.165) is 51.7 Å². The van der Waals surface area contributed by atoms with Crippen molar-refractivity contribution in [2.75, 3.05) is 5.32 Å². The topological polar surface area (TPSA) is 29.1 Å². The van der Waals surface area contributed by atoms with E-state index < -0.39 is 0 Å². The first-order valence-electron chi connectivity index (χ1n) is 12.6. The summed E-state index contributed by atoms with van der Waals surface area (Å²) in [7, 11) is 0. The Kier molecular flexibility index (Phi) is 7.52. The van der Waals surface area contributed by atoms with Crippen molar-refractivity contribution in [1.29, 1.82) is 0 Å². The Balaban J connectivity index is 1.39. The van der Waals surface area contributed by atoms with Crippen LogP contribution in [0.15, 0.2) is 72.8 Å². The van der Waals surface area contributed by atoms with Gasteiger partial charge >= 0.3 is 0 Å². The summed E-state index contributed by atoms with van der Waals surface area (Å²) in [5, 5.41) is 3.81. The first-order chi connectivity index (χ1) is 16.6. The second-order valence-electron chi connectivity index (χ2n) is 10.9. The summed E-state index contributed by atoms with van der Waals surface area (Å²) in [5.41, 5.74) is 8.29. The summed E-state index contributed by atoms with van der Waals surface area (Å²) in [6.45, 7) is 11.0. The number of nitrogens with one attached hydrogen (secondary N) is 1. The van der Waals surface area contributed by atoms with E-state index in [1.165, 1.54) is 17.6 Å². The highest BCUT2D eigenvalue weighted by atomic mass is 35.5. The monoisotopic (exact) mass is 485 g/mol. The van der Waals surface area contributed by atoms with E-state index in [1.807, 2.05) is 49.4 Å². The molecule has 1 amide bonds. The minimum absolute atomic E-state index is 0.00178. The summed E-state index contributed by atoms with van der Waals surface area (Å²) < 4.78 is 0. The molecule has 0 saturated heterocycles. The summed E-state index contributed by atoms with van der Waals surface area (Å²) in [6.07, 6.45) is 5.94. The van der Waals surface area contributed by atoms with Gasteiger partial charge in [-0.25, -0.2) is 0 Å². The van der Waals surface area contributed by atoms with Crippen LogP contribution in [0.2, 0.25) is 5.02 Å². The molecular weight excluding hydrogens is 450 g/mol. The predicted octanol–water partition coefficient (Wildman–Crippen LogP) is 9.29. The minimum atomic E-state index is -0.229. The van der Waals surface area contributed by atoms with Gasteiger partial charge in [0.1, 0.15) is 0 Å². The molecule has 3 aromatic carbocycles. The fraction of sp³-hybridized carbons (Fsp3) is 0.344. The van der Waals surface area contributed by atoms with Crippen LogP contribution in [0, 0.1) is 18.3 Å². The molecule has 1 aliphatic carbocycles. The van der Waals surface area contributed by atoms with Gasteiger partial charge in [-0.05, 0) is 102 Å². The second-order valence-corrected chi connectivity index (χ2v) is 11.4. The van der Waals surface area contributed by atoms with Gasteiger partial charge in [0.2, 0.25) is 5.91 Å². The Bertz CT molecular complexity index is 1220. The third kappa shape index (κ3) is 6.05. The Labute approximate surface area is 215 Å². The molecule has 2 unspecified atom stereocenters. The summed E-state index contributed by atoms with van der Waals surface area (Å²) in [5.74, 6) is 0.518. The van der Waals surface area contributed by atoms with Crippen LogP contribution in [0.25, 0.3) is 16.7 Å². The van der Waals surface area contributed by atoms with E-state index >= 15 is 0 Å². The number of amides is 1. The van der Waals surface area contributed by atoms with Crippen LogP contribution in [0.4, 0.5) is 5.69 Å². The zero-order valence-corrected chi connectivity index (χ0v) is 22.2. The van der Waals surface area contributed by atoms with Gasteiger partial charge in [0.05, 0.1) is 5.92 Å². The maximum absolute atomic E-state index is 12.9. The summed E-state index contributed by atoms with van der Waals surface area (Å²) in [6, 6.07) is 22.4. The van der Waals surface area contributed by atoms with Crippen molar-refractivity contribution in [2.24, 2.45) is 11.3 Å². The molecule has 0 heterocycles. The number of carbonyl (C=O) groups excluding carboxylic acids is 1. The maximum Gasteiger partial charge on any atom is 0.231 e. The maximum atomic E-state index is 12.9. The normalized spacial score (nSPS) is 17.0. The number of aryl methyl sites for hydroxylation is 1. The van der Waals surface area contributed by atoms with Crippen LogP contribution in [0.1, 0.15) is 69.6 Å². The number of hydrogen-bond donors (Lipinski definition) is 1. The molecule has 4 rings (SSSR count). The van der Waals surface area contributed by atoms with Crippen LogP contribution in [-0.2, 0) is 4.79 Å². The molecule has 3 heteroatoms. The number of hydrogen-bond acceptors (Lipinski definition) is 1. The van der Waals surface area contributed by atoms with Gasteiger partial charge in [-0.3, -0.25) is 4.79 Å². The fourth-order valence-electron chi connectivity index (χ4n) is 4.95. The van der Waals surface area contributed by atoms with Crippen molar-refractivity contribution < 1.29 is 4.79 Å². The molecule has 0 saturated carbocycles. The Hall–Kier alpha value is -2.84. The van der Waals surface area contributed by atoms with E-state index in [9.17, 15) is 4.79 Å². The van der Waals surface area contributed by atoms with Gasteiger partial charge in [-0.2, -0.15) is 0 Å². The molecule has 3 aromatic rings. The van der Waals surface area contributed by atoms with E-state index in [1.54, 1.807) is 0 Å². The van der Waals surface area contributed by atoms with Crippen molar-refractivity contribution >= 4 is 28.8 Å². The zero-order chi connectivity index (χ0) is 25.2. The molecule has 0 fully saturated rings. The second kappa shape index (κ2) is 10.4. The molecule has 1 aliphatic rings. The quantitative estimate of drug-likeness (QED) is 0.383. The van der Waals surface area contributed by atoms with Gasteiger partial charge in [-0.15, -0.1) is 0 Å². The average Bonchev–Trinajstić information content (AvgIpc) is 2.84. The predicted molar refractivity (Wildman–Crippen MR) is 150 cm³/mol. The first-order valence-corrected chi connectivity index (χ1v) is 13.0. The van der Waals surface area contributed by atoms with Gasteiger partial charge in [0, 0.05) is 10.7 Å². The van der Waals surface area contributed by atoms with Gasteiger partial charge < -0.3 is 5.32 Å². The van der Waals surface area contributed by atoms with Crippen molar-refractivity contribution in [1.82, 2.24) is 0 Å². The van der Waals surface area contributed by atoms with Crippen molar-refractivity contribution in [3.63, 3.8) is 0 Å². The number of halogens is 1. The Morgan fingerprint density at radius 2 is 1.63 bits per heavy atom. The lowest BCUT2D eigenvalue weighted by atomic mass is 9.72. The molecule has 0 spiro atoms. The number of carbonyl (C=O) groups is 1. The minimum Gasteiger partial charge on any atom is -0.326 e. The molecule has 2 nitrogen and oxygen atoms in total. The molecule has 35 heavy (non-hydrogen) atoms. The van der Waals surface area contributed by atoms with E-state index in [-0.39, 0.29) is 11.8 Å². The first kappa shape index (κ1) is 25.3. The number of rotatable bonds is 5. The molecule has 0 aliphatic heterocycles. The van der Waals surface area contributed by atoms with Gasteiger partial charge in [0.15, 0.2) is 0 Å². The molecule has 2 atom stereocenters. The van der Waals surface area contributed by atoms with Gasteiger partial charge in [0.25, 0.3) is 0 Å². The molecule has 0 bridgehead atoms. The molecule has 182 valence electrons. The highest BCUT2D eigenvalue weighted by molar-refractivity contribution is 6.30. The van der Waals surface area contributed by atoms with Crippen LogP contribution in [0.5, 0.6) is 0 Å². The molecule has 0 aromatic heterocycles. The molecular formula is C32H36ClNO. The smallest absolute Gasteiger partial charge is 0.231 e. The number of allylic oxidation sites excluding steroid dienone is 2. The van der Waals surface area contributed by atoms with Crippen LogP contribution >= 0.6 is 11.6 Å². The lowest BCUT2D eigenvalue weighted by Crippen LogP contribution is -2.22. The van der Waals surface area contributed by atoms with Crippen molar-refractivity contribution in [3.05, 3.63) is 94.5 Å². The molecule has 1 N–H and O–H groups in total. The third-order valence-corrected chi connectivity index (χ3v) is 7.70. The fourth-order valence-corrected chi connectivity index (χ4v) is 5.18. The lowest BCUT2D eigenvalue weighted by molar-refractivity contribution is -0.117. The third-order valence-electron chi connectivity index (χ3n) is 7.46. The SMILES string of the molecule is Cc1cc(Cl)ccc1-c1ccc(NC(=O)C(C)c2ccc(C3=CCC(C(C)(C)C)CC3)cc2)cc1. The lowest BCUT2D eigenvalue weighted by Gasteiger charge is -2.33.